The molecule has 0 atom stereocenters. The first-order chi connectivity index (χ1) is 10.3. The topological polar surface area (TPSA) is 32.3 Å². The normalized spacial score (nSPS) is 18.2. The quantitative estimate of drug-likeness (QED) is 0.800. The molecule has 2 heterocycles. The van der Waals surface area contributed by atoms with E-state index in [9.17, 15) is 0 Å². The van der Waals surface area contributed by atoms with E-state index in [4.69, 9.17) is 0 Å². The summed E-state index contributed by atoms with van der Waals surface area (Å²) < 4.78 is 0. The smallest absolute Gasteiger partial charge is 0.151 e. The van der Waals surface area contributed by atoms with E-state index >= 15 is 0 Å². The monoisotopic (exact) mass is 280 g/mol. The molecule has 1 aliphatic heterocycles. The van der Waals surface area contributed by atoms with Gasteiger partial charge in [0.25, 0.3) is 0 Å². The number of nitrogens with zero attached hydrogens (tertiary/aromatic N) is 4. The van der Waals surface area contributed by atoms with Crippen LogP contribution in [0.25, 0.3) is 11.3 Å². The molecule has 1 aliphatic carbocycles. The van der Waals surface area contributed by atoms with E-state index in [2.05, 4.69) is 57.4 Å². The zero-order valence-electron chi connectivity index (χ0n) is 12.4. The lowest BCUT2D eigenvalue weighted by Crippen LogP contribution is -2.45. The van der Waals surface area contributed by atoms with Crippen molar-refractivity contribution in [2.24, 2.45) is 0 Å². The van der Waals surface area contributed by atoms with Crippen molar-refractivity contribution in [1.82, 2.24) is 15.1 Å². The highest BCUT2D eigenvalue weighted by atomic mass is 15.3. The lowest BCUT2D eigenvalue weighted by Gasteiger charge is -2.33. The summed E-state index contributed by atoms with van der Waals surface area (Å²) in [5, 5.41) is 9.05. The second kappa shape index (κ2) is 5.11. The summed E-state index contributed by atoms with van der Waals surface area (Å²) in [7, 11) is 2.17. The Morgan fingerprint density at radius 2 is 1.67 bits per heavy atom. The van der Waals surface area contributed by atoms with E-state index in [1.807, 2.05) is 0 Å². The number of likely N-dealkylation sites (N-methyl/N-ethyl adjacent to an activating group) is 1. The molecule has 4 heteroatoms. The average molecular weight is 280 g/mol. The summed E-state index contributed by atoms with van der Waals surface area (Å²) in [6.45, 7) is 4.28. The van der Waals surface area contributed by atoms with Crippen molar-refractivity contribution in [3.05, 3.63) is 41.5 Å². The van der Waals surface area contributed by atoms with Crippen LogP contribution >= 0.6 is 0 Å². The molecule has 0 radical (unpaired) electrons. The molecular formula is C17H20N4. The minimum absolute atomic E-state index is 1.04. The maximum Gasteiger partial charge on any atom is 0.151 e. The van der Waals surface area contributed by atoms with Crippen molar-refractivity contribution in [3.63, 3.8) is 0 Å². The summed E-state index contributed by atoms with van der Waals surface area (Å²) in [6, 6.07) is 10.8. The van der Waals surface area contributed by atoms with Gasteiger partial charge in [-0.2, -0.15) is 0 Å². The van der Waals surface area contributed by atoms with Crippen LogP contribution < -0.4 is 4.90 Å². The first-order valence-corrected chi connectivity index (χ1v) is 7.69. The molecule has 0 saturated carbocycles. The number of aryl methyl sites for hydroxylation is 2. The van der Waals surface area contributed by atoms with Crippen LogP contribution in [0, 0.1) is 0 Å². The zero-order chi connectivity index (χ0) is 14.2. The Balaban J connectivity index is 1.67. The Kier molecular flexibility index (Phi) is 3.11. The highest BCUT2D eigenvalue weighted by Crippen LogP contribution is 2.32. The highest BCUT2D eigenvalue weighted by Gasteiger charge is 2.21. The zero-order valence-corrected chi connectivity index (χ0v) is 12.4. The molecule has 0 spiro atoms. The maximum atomic E-state index is 4.55. The number of anilines is 1. The van der Waals surface area contributed by atoms with Gasteiger partial charge in [0.1, 0.15) is 0 Å². The number of piperazine rings is 1. The van der Waals surface area contributed by atoms with Crippen molar-refractivity contribution in [3.8, 4) is 11.3 Å². The summed E-state index contributed by atoms with van der Waals surface area (Å²) in [6.07, 6.45) is 2.18. The number of fused-ring (bicyclic) bond motifs is 3. The minimum atomic E-state index is 1.04. The van der Waals surface area contributed by atoms with Gasteiger partial charge in [0.15, 0.2) is 5.82 Å². The molecule has 0 bridgehead atoms. The molecule has 4 rings (SSSR count). The van der Waals surface area contributed by atoms with Crippen LogP contribution in [0.1, 0.15) is 11.1 Å². The van der Waals surface area contributed by atoms with Crippen molar-refractivity contribution in [2.75, 3.05) is 38.1 Å². The van der Waals surface area contributed by atoms with Crippen LogP contribution in [-0.2, 0) is 12.8 Å². The Morgan fingerprint density at radius 1 is 0.905 bits per heavy atom. The fraction of sp³-hybridized carbons (Fsp3) is 0.412. The Labute approximate surface area is 125 Å². The number of hydrogen-bond acceptors (Lipinski definition) is 4. The van der Waals surface area contributed by atoms with Gasteiger partial charge in [0, 0.05) is 31.7 Å². The summed E-state index contributed by atoms with van der Waals surface area (Å²) in [5.41, 5.74) is 5.08. The maximum absolute atomic E-state index is 4.55. The molecule has 0 N–H and O–H groups in total. The van der Waals surface area contributed by atoms with Crippen LogP contribution in [0.2, 0.25) is 0 Å². The van der Waals surface area contributed by atoms with Gasteiger partial charge in [-0.25, -0.2) is 0 Å². The van der Waals surface area contributed by atoms with E-state index in [0.29, 0.717) is 0 Å². The number of rotatable bonds is 1. The van der Waals surface area contributed by atoms with Gasteiger partial charge in [-0.1, -0.05) is 24.3 Å². The fourth-order valence-corrected chi connectivity index (χ4v) is 3.26. The standard InChI is InChI=1S/C17H20N4/c1-20-8-10-21(11-9-20)16-12-14-7-6-13-4-2-3-5-15(13)17(14)19-18-16/h2-5,12H,6-11H2,1H3. The van der Waals surface area contributed by atoms with Crippen molar-refractivity contribution in [1.29, 1.82) is 0 Å². The largest absolute Gasteiger partial charge is 0.353 e. The third kappa shape index (κ3) is 2.29. The number of hydrogen-bond donors (Lipinski definition) is 0. The summed E-state index contributed by atoms with van der Waals surface area (Å²) in [5.74, 6) is 1.04. The SMILES string of the molecule is CN1CCN(c2cc3c(nn2)-c2ccccc2CC3)CC1. The molecule has 2 aromatic rings. The van der Waals surface area contributed by atoms with Gasteiger partial charge in [-0.3, -0.25) is 0 Å². The molecular weight excluding hydrogens is 260 g/mol. The Bertz CT molecular complexity index is 660. The van der Waals surface area contributed by atoms with Crippen LogP contribution in [0.5, 0.6) is 0 Å². The molecule has 4 nitrogen and oxygen atoms in total. The number of benzene rings is 1. The lowest BCUT2D eigenvalue weighted by atomic mass is 9.89. The van der Waals surface area contributed by atoms with E-state index in [0.717, 1.165) is 50.5 Å². The Hall–Kier alpha value is -1.94. The fourth-order valence-electron chi connectivity index (χ4n) is 3.26. The predicted molar refractivity (Wildman–Crippen MR) is 84.6 cm³/mol. The highest BCUT2D eigenvalue weighted by molar-refractivity contribution is 5.70. The van der Waals surface area contributed by atoms with Crippen LogP contribution in [0.3, 0.4) is 0 Å². The molecule has 1 fully saturated rings. The predicted octanol–water partition coefficient (Wildman–Crippen LogP) is 1.99. The van der Waals surface area contributed by atoms with Gasteiger partial charge in [-0.15, -0.1) is 10.2 Å². The molecule has 108 valence electrons. The first kappa shape index (κ1) is 12.8. The molecule has 1 aromatic heterocycles. The summed E-state index contributed by atoms with van der Waals surface area (Å²) in [4.78, 5) is 4.71. The molecule has 1 saturated heterocycles. The van der Waals surface area contributed by atoms with E-state index in [1.54, 1.807) is 0 Å². The van der Waals surface area contributed by atoms with Gasteiger partial charge in [0.2, 0.25) is 0 Å². The average Bonchev–Trinajstić information content (AvgIpc) is 2.55. The van der Waals surface area contributed by atoms with Gasteiger partial charge >= 0.3 is 0 Å². The summed E-state index contributed by atoms with van der Waals surface area (Å²) >= 11 is 0. The lowest BCUT2D eigenvalue weighted by molar-refractivity contribution is 0.311. The van der Waals surface area contributed by atoms with Gasteiger partial charge < -0.3 is 9.80 Å². The third-order valence-corrected chi connectivity index (χ3v) is 4.62. The van der Waals surface area contributed by atoms with Crippen LogP contribution in [0.4, 0.5) is 5.82 Å². The molecule has 2 aliphatic rings. The van der Waals surface area contributed by atoms with Crippen LogP contribution in [0.15, 0.2) is 30.3 Å². The van der Waals surface area contributed by atoms with Crippen molar-refractivity contribution < 1.29 is 0 Å². The Morgan fingerprint density at radius 3 is 2.52 bits per heavy atom. The van der Waals surface area contributed by atoms with E-state index in [-0.39, 0.29) is 0 Å². The molecule has 21 heavy (non-hydrogen) atoms. The molecule has 0 amide bonds. The van der Waals surface area contributed by atoms with Crippen LogP contribution in [-0.4, -0.2) is 48.3 Å². The van der Waals surface area contributed by atoms with Gasteiger partial charge in [-0.05, 0) is 37.1 Å². The third-order valence-electron chi connectivity index (χ3n) is 4.62. The molecule has 0 unspecified atom stereocenters. The van der Waals surface area contributed by atoms with E-state index < -0.39 is 0 Å². The minimum Gasteiger partial charge on any atom is -0.353 e. The second-order valence-electron chi connectivity index (χ2n) is 6.02. The van der Waals surface area contributed by atoms with Crippen molar-refractivity contribution >= 4 is 5.82 Å². The van der Waals surface area contributed by atoms with Crippen molar-refractivity contribution in [2.45, 2.75) is 12.8 Å². The van der Waals surface area contributed by atoms with Gasteiger partial charge in [0.05, 0.1) is 5.69 Å². The van der Waals surface area contributed by atoms with E-state index in [1.165, 1.54) is 16.7 Å². The first-order valence-electron chi connectivity index (χ1n) is 7.69. The second-order valence-corrected chi connectivity index (χ2v) is 6.02. The molecule has 1 aromatic carbocycles. The number of aromatic nitrogens is 2.